The van der Waals surface area contributed by atoms with Crippen LogP contribution in [-0.2, 0) is 13.0 Å². The first-order valence-corrected chi connectivity index (χ1v) is 7.11. The van der Waals surface area contributed by atoms with Crippen molar-refractivity contribution in [2.24, 2.45) is 0 Å². The summed E-state index contributed by atoms with van der Waals surface area (Å²) in [5, 5.41) is 12.9. The molecule has 3 rings (SSSR count). The van der Waals surface area contributed by atoms with E-state index in [0.29, 0.717) is 11.6 Å². The fourth-order valence-electron chi connectivity index (χ4n) is 2.36. The van der Waals surface area contributed by atoms with E-state index in [-0.39, 0.29) is 0 Å². The number of rotatable bonds is 5. The summed E-state index contributed by atoms with van der Waals surface area (Å²) in [7, 11) is 0. The van der Waals surface area contributed by atoms with Gasteiger partial charge in [0.15, 0.2) is 0 Å². The number of benzene rings is 1. The van der Waals surface area contributed by atoms with Gasteiger partial charge in [-0.25, -0.2) is 4.98 Å². The molecule has 0 unspecified atom stereocenters. The molecule has 0 aliphatic heterocycles. The fraction of sp³-hybridized carbons (Fsp3) is 0.375. The third kappa shape index (κ3) is 2.59. The van der Waals surface area contributed by atoms with Gasteiger partial charge in [0.1, 0.15) is 11.9 Å². The monoisotopic (exact) mass is 266 g/mol. The van der Waals surface area contributed by atoms with Crippen LogP contribution in [0.5, 0.6) is 0 Å². The Morgan fingerprint density at radius 2 is 2.30 bits per heavy atom. The van der Waals surface area contributed by atoms with E-state index in [2.05, 4.69) is 29.4 Å². The summed E-state index contributed by atoms with van der Waals surface area (Å²) in [4.78, 5) is 4.32. The maximum Gasteiger partial charge on any atom is 0.112 e. The van der Waals surface area contributed by atoms with Crippen LogP contribution in [0.4, 0.5) is 0 Å². The summed E-state index contributed by atoms with van der Waals surface area (Å²) in [6, 6.07) is 9.07. The molecule has 0 spiro atoms. The van der Waals surface area contributed by atoms with Crippen LogP contribution in [0.1, 0.15) is 36.7 Å². The molecule has 0 radical (unpaired) electrons. The maximum absolute atomic E-state index is 9.39. The van der Waals surface area contributed by atoms with Crippen LogP contribution >= 0.6 is 0 Å². The van der Waals surface area contributed by atoms with Crippen molar-refractivity contribution in [2.45, 2.75) is 38.8 Å². The van der Waals surface area contributed by atoms with Gasteiger partial charge in [0.05, 0.1) is 11.3 Å². The summed E-state index contributed by atoms with van der Waals surface area (Å²) in [5.41, 5.74) is 2.78. The van der Waals surface area contributed by atoms with E-state index in [1.165, 1.54) is 12.8 Å². The minimum atomic E-state index is 0.681. The molecule has 1 aliphatic rings. The second kappa shape index (κ2) is 5.48. The number of hydrogen-bond donors (Lipinski definition) is 1. The second-order valence-electron chi connectivity index (χ2n) is 5.19. The average Bonchev–Trinajstić information content (AvgIpc) is 3.20. The molecule has 0 atom stereocenters. The highest BCUT2D eigenvalue weighted by atomic mass is 15.1. The Kier molecular flexibility index (Phi) is 3.53. The topological polar surface area (TPSA) is 53.6 Å². The number of aromatic nitrogens is 2. The third-order valence-corrected chi connectivity index (χ3v) is 3.65. The first-order valence-electron chi connectivity index (χ1n) is 7.11. The summed E-state index contributed by atoms with van der Waals surface area (Å²) in [6.45, 7) is 2.91. The van der Waals surface area contributed by atoms with Gasteiger partial charge in [-0.15, -0.1) is 0 Å². The van der Waals surface area contributed by atoms with Crippen molar-refractivity contribution in [3.63, 3.8) is 0 Å². The Morgan fingerprint density at radius 1 is 1.45 bits per heavy atom. The van der Waals surface area contributed by atoms with Crippen molar-refractivity contribution in [2.75, 3.05) is 0 Å². The molecule has 1 heterocycles. The lowest BCUT2D eigenvalue weighted by Crippen LogP contribution is -2.15. The quantitative estimate of drug-likeness (QED) is 0.905. The van der Waals surface area contributed by atoms with Crippen molar-refractivity contribution in [1.82, 2.24) is 14.9 Å². The Labute approximate surface area is 119 Å². The molecule has 1 saturated carbocycles. The van der Waals surface area contributed by atoms with Crippen LogP contribution in [0.3, 0.4) is 0 Å². The van der Waals surface area contributed by atoms with Gasteiger partial charge in [-0.05, 0) is 30.5 Å². The minimum Gasteiger partial charge on any atom is -0.310 e. The molecule has 1 fully saturated rings. The first kappa shape index (κ1) is 12.9. The second-order valence-corrected chi connectivity index (χ2v) is 5.19. The van der Waals surface area contributed by atoms with Crippen LogP contribution in [0.25, 0.3) is 5.69 Å². The molecular weight excluding hydrogens is 248 g/mol. The largest absolute Gasteiger partial charge is 0.310 e. The van der Waals surface area contributed by atoms with Crippen molar-refractivity contribution >= 4 is 0 Å². The molecule has 1 aliphatic carbocycles. The lowest BCUT2D eigenvalue weighted by molar-refractivity contribution is 0.687. The van der Waals surface area contributed by atoms with Gasteiger partial charge in [-0.1, -0.05) is 13.0 Å². The minimum absolute atomic E-state index is 0.681. The standard InChI is InChI=1S/C16H18N4/c1-2-16-18-7-8-20(16)15-6-3-12(9-13(15)10-17)11-19-14-4-5-14/h3,6-9,14,19H,2,4-5,11H2,1H3. The molecule has 20 heavy (non-hydrogen) atoms. The van der Waals surface area contributed by atoms with Crippen molar-refractivity contribution < 1.29 is 0 Å². The molecule has 1 N–H and O–H groups in total. The molecule has 1 aromatic carbocycles. The fourth-order valence-corrected chi connectivity index (χ4v) is 2.36. The molecule has 4 nitrogen and oxygen atoms in total. The smallest absolute Gasteiger partial charge is 0.112 e. The molecular formula is C16H18N4. The SMILES string of the molecule is CCc1nccn1-c1ccc(CNC2CC2)cc1C#N. The van der Waals surface area contributed by atoms with E-state index in [1.54, 1.807) is 6.20 Å². The average molecular weight is 266 g/mol. The lowest BCUT2D eigenvalue weighted by Gasteiger charge is -2.10. The molecule has 1 aromatic heterocycles. The maximum atomic E-state index is 9.39. The van der Waals surface area contributed by atoms with E-state index in [1.807, 2.05) is 22.9 Å². The highest BCUT2D eigenvalue weighted by molar-refractivity contribution is 5.51. The predicted octanol–water partition coefficient (Wildman–Crippen LogP) is 2.56. The predicted molar refractivity (Wildman–Crippen MR) is 77.5 cm³/mol. The van der Waals surface area contributed by atoms with E-state index < -0.39 is 0 Å². The third-order valence-electron chi connectivity index (χ3n) is 3.65. The van der Waals surface area contributed by atoms with Gasteiger partial charge in [-0.3, -0.25) is 0 Å². The van der Waals surface area contributed by atoms with E-state index >= 15 is 0 Å². The van der Waals surface area contributed by atoms with Gasteiger partial charge >= 0.3 is 0 Å². The van der Waals surface area contributed by atoms with E-state index in [0.717, 1.165) is 30.0 Å². The summed E-state index contributed by atoms with van der Waals surface area (Å²) < 4.78 is 2.00. The number of nitriles is 1. The van der Waals surface area contributed by atoms with Crippen LogP contribution in [0, 0.1) is 11.3 Å². The normalized spacial score (nSPS) is 14.2. The Balaban J connectivity index is 1.89. The Bertz CT molecular complexity index is 647. The highest BCUT2D eigenvalue weighted by Crippen LogP contribution is 2.21. The Morgan fingerprint density at radius 3 is 3.00 bits per heavy atom. The lowest BCUT2D eigenvalue weighted by atomic mass is 10.1. The van der Waals surface area contributed by atoms with Gasteiger partial charge in [-0.2, -0.15) is 5.26 Å². The van der Waals surface area contributed by atoms with Crippen molar-refractivity contribution in [3.05, 3.63) is 47.5 Å². The number of nitrogens with one attached hydrogen (secondary N) is 1. The molecule has 0 saturated heterocycles. The zero-order valence-electron chi connectivity index (χ0n) is 11.6. The first-order chi connectivity index (χ1) is 9.81. The van der Waals surface area contributed by atoms with E-state index in [9.17, 15) is 5.26 Å². The Hall–Kier alpha value is -2.12. The molecule has 0 bridgehead atoms. The van der Waals surface area contributed by atoms with Crippen LogP contribution in [-0.4, -0.2) is 15.6 Å². The summed E-state index contributed by atoms with van der Waals surface area (Å²) in [5.74, 6) is 0.977. The molecule has 2 aromatic rings. The summed E-state index contributed by atoms with van der Waals surface area (Å²) >= 11 is 0. The van der Waals surface area contributed by atoms with Gasteiger partial charge in [0.2, 0.25) is 0 Å². The van der Waals surface area contributed by atoms with Crippen LogP contribution in [0.2, 0.25) is 0 Å². The number of imidazole rings is 1. The number of aryl methyl sites for hydroxylation is 1. The molecule has 4 heteroatoms. The van der Waals surface area contributed by atoms with Gasteiger partial charge < -0.3 is 9.88 Å². The zero-order chi connectivity index (χ0) is 13.9. The number of hydrogen-bond acceptors (Lipinski definition) is 3. The summed E-state index contributed by atoms with van der Waals surface area (Å²) in [6.07, 6.45) is 7.10. The van der Waals surface area contributed by atoms with Gasteiger partial charge in [0.25, 0.3) is 0 Å². The van der Waals surface area contributed by atoms with Crippen molar-refractivity contribution in [3.8, 4) is 11.8 Å². The van der Waals surface area contributed by atoms with Crippen LogP contribution in [0.15, 0.2) is 30.6 Å². The highest BCUT2D eigenvalue weighted by Gasteiger charge is 2.20. The molecule has 102 valence electrons. The van der Waals surface area contributed by atoms with E-state index in [4.69, 9.17) is 0 Å². The zero-order valence-corrected chi connectivity index (χ0v) is 11.6. The number of nitrogens with zero attached hydrogens (tertiary/aromatic N) is 3. The molecule has 0 amide bonds. The van der Waals surface area contributed by atoms with Gasteiger partial charge in [0, 0.05) is 31.4 Å². The van der Waals surface area contributed by atoms with Crippen LogP contribution < -0.4 is 5.32 Å². The van der Waals surface area contributed by atoms with Crippen molar-refractivity contribution in [1.29, 1.82) is 5.26 Å².